The number of nitrogens with one attached hydrogen (secondary N) is 2. The van der Waals surface area contributed by atoms with Gasteiger partial charge in [0, 0.05) is 11.8 Å². The van der Waals surface area contributed by atoms with Gasteiger partial charge in [0.1, 0.15) is 0 Å². The van der Waals surface area contributed by atoms with E-state index in [1.54, 1.807) is 0 Å². The Hall–Kier alpha value is -1.17. The fourth-order valence-corrected chi connectivity index (χ4v) is 2.67. The highest BCUT2D eigenvalue weighted by atomic mass is 32.2. The number of H-pyrrole nitrogens is 1. The summed E-state index contributed by atoms with van der Waals surface area (Å²) in [6.45, 7) is 0. The van der Waals surface area contributed by atoms with Crippen LogP contribution in [-0.2, 0) is 0 Å². The van der Waals surface area contributed by atoms with Crippen LogP contribution in [0, 0.1) is 0 Å². The summed E-state index contributed by atoms with van der Waals surface area (Å²) in [7, 11) is 1.47. The molecule has 1 aromatic rings. The van der Waals surface area contributed by atoms with E-state index in [0.29, 0.717) is 11.9 Å². The lowest BCUT2D eigenvalue weighted by Gasteiger charge is -2.13. The van der Waals surface area contributed by atoms with Crippen molar-refractivity contribution in [3.63, 3.8) is 0 Å². The molecule has 2 N–H and O–H groups in total. The van der Waals surface area contributed by atoms with Gasteiger partial charge in [0.2, 0.25) is 5.75 Å². The van der Waals surface area contributed by atoms with Gasteiger partial charge < -0.3 is 15.0 Å². The van der Waals surface area contributed by atoms with Crippen molar-refractivity contribution in [2.75, 3.05) is 23.9 Å². The Kier molecular flexibility index (Phi) is 3.15. The monoisotopic (exact) mass is 227 g/mol. The molecule has 82 valence electrons. The molecular formula is C9H13N3O2S. The molecule has 0 amide bonds. The lowest BCUT2D eigenvalue weighted by molar-refractivity contribution is 0.407. The second kappa shape index (κ2) is 4.57. The van der Waals surface area contributed by atoms with E-state index in [1.807, 2.05) is 11.8 Å². The van der Waals surface area contributed by atoms with Crippen molar-refractivity contribution in [3.8, 4) is 5.75 Å². The Morgan fingerprint density at radius 2 is 2.60 bits per heavy atom. The summed E-state index contributed by atoms with van der Waals surface area (Å²) < 4.78 is 5.01. The summed E-state index contributed by atoms with van der Waals surface area (Å²) in [5.41, 5.74) is -0.249. The third-order valence-electron chi connectivity index (χ3n) is 2.29. The van der Waals surface area contributed by atoms with E-state index in [-0.39, 0.29) is 11.3 Å². The highest BCUT2D eigenvalue weighted by molar-refractivity contribution is 7.99. The molecule has 1 aliphatic rings. The molecule has 0 aromatic carbocycles. The van der Waals surface area contributed by atoms with Crippen molar-refractivity contribution >= 4 is 17.6 Å². The number of aromatic amines is 1. The average Bonchev–Trinajstić information content (AvgIpc) is 2.71. The molecule has 0 spiro atoms. The van der Waals surface area contributed by atoms with E-state index >= 15 is 0 Å². The van der Waals surface area contributed by atoms with Crippen LogP contribution in [0.15, 0.2) is 11.1 Å². The Balaban J connectivity index is 2.19. The van der Waals surface area contributed by atoms with E-state index in [2.05, 4.69) is 15.3 Å². The average molecular weight is 227 g/mol. The van der Waals surface area contributed by atoms with Crippen molar-refractivity contribution in [2.45, 2.75) is 12.5 Å². The fraction of sp³-hybridized carbons (Fsp3) is 0.556. The summed E-state index contributed by atoms with van der Waals surface area (Å²) in [5, 5.41) is 3.22. The van der Waals surface area contributed by atoms with Gasteiger partial charge in [-0.15, -0.1) is 0 Å². The number of ether oxygens (including phenoxy) is 1. The van der Waals surface area contributed by atoms with Gasteiger partial charge in [0.15, 0.2) is 5.82 Å². The van der Waals surface area contributed by atoms with Gasteiger partial charge in [-0.2, -0.15) is 11.8 Å². The molecule has 2 heterocycles. The first-order chi connectivity index (χ1) is 7.31. The second-order valence-corrected chi connectivity index (χ2v) is 4.47. The van der Waals surface area contributed by atoms with E-state index in [9.17, 15) is 4.79 Å². The molecule has 1 aliphatic heterocycles. The molecule has 0 saturated carbocycles. The number of aromatic nitrogens is 2. The molecule has 15 heavy (non-hydrogen) atoms. The molecule has 0 bridgehead atoms. The molecule has 1 saturated heterocycles. The highest BCUT2D eigenvalue weighted by Crippen LogP contribution is 2.23. The summed E-state index contributed by atoms with van der Waals surface area (Å²) in [5.74, 6) is 3.00. The Morgan fingerprint density at radius 1 is 1.73 bits per heavy atom. The second-order valence-electron chi connectivity index (χ2n) is 3.32. The molecule has 0 aliphatic carbocycles. The fourth-order valence-electron chi connectivity index (χ4n) is 1.52. The Morgan fingerprint density at radius 3 is 3.27 bits per heavy atom. The van der Waals surface area contributed by atoms with Gasteiger partial charge in [0.05, 0.1) is 13.4 Å². The van der Waals surface area contributed by atoms with Crippen LogP contribution in [0.3, 0.4) is 0 Å². The van der Waals surface area contributed by atoms with Crippen LogP contribution < -0.4 is 15.6 Å². The van der Waals surface area contributed by atoms with Gasteiger partial charge in [-0.1, -0.05) is 0 Å². The predicted octanol–water partition coefficient (Wildman–Crippen LogP) is 0.696. The largest absolute Gasteiger partial charge is 0.489 e. The molecular weight excluding hydrogens is 214 g/mol. The van der Waals surface area contributed by atoms with Crippen LogP contribution in [0.4, 0.5) is 5.82 Å². The van der Waals surface area contributed by atoms with Crippen LogP contribution in [0.25, 0.3) is 0 Å². The first kappa shape index (κ1) is 10.4. The smallest absolute Gasteiger partial charge is 0.295 e. The Labute approximate surface area is 91.6 Å². The minimum absolute atomic E-state index is 0.249. The maximum Gasteiger partial charge on any atom is 0.295 e. The zero-order valence-corrected chi connectivity index (χ0v) is 9.26. The zero-order chi connectivity index (χ0) is 10.7. The van der Waals surface area contributed by atoms with Crippen LogP contribution in [0.2, 0.25) is 0 Å². The SMILES string of the molecule is COc1c(NC2CCSC2)nc[nH]c1=O. The zero-order valence-electron chi connectivity index (χ0n) is 8.45. The van der Waals surface area contributed by atoms with Crippen molar-refractivity contribution < 1.29 is 4.74 Å². The summed E-state index contributed by atoms with van der Waals surface area (Å²) >= 11 is 1.90. The Bertz CT molecular complexity index is 387. The molecule has 1 aromatic heterocycles. The van der Waals surface area contributed by atoms with Crippen molar-refractivity contribution in [1.29, 1.82) is 0 Å². The number of thioether (sulfide) groups is 1. The minimum Gasteiger partial charge on any atom is -0.489 e. The first-order valence-electron chi connectivity index (χ1n) is 4.77. The topological polar surface area (TPSA) is 67.0 Å². The van der Waals surface area contributed by atoms with Gasteiger partial charge in [-0.05, 0) is 12.2 Å². The first-order valence-corrected chi connectivity index (χ1v) is 5.92. The molecule has 6 heteroatoms. The summed E-state index contributed by atoms with van der Waals surface area (Å²) in [6.07, 6.45) is 2.48. The quantitative estimate of drug-likeness (QED) is 0.795. The summed E-state index contributed by atoms with van der Waals surface area (Å²) in [6, 6.07) is 0.387. The molecule has 1 unspecified atom stereocenters. The van der Waals surface area contributed by atoms with Gasteiger partial charge >= 0.3 is 0 Å². The molecule has 5 nitrogen and oxygen atoms in total. The van der Waals surface area contributed by atoms with Gasteiger partial charge in [0.25, 0.3) is 5.56 Å². The maximum atomic E-state index is 11.4. The van der Waals surface area contributed by atoms with Crippen molar-refractivity contribution in [2.24, 2.45) is 0 Å². The lowest BCUT2D eigenvalue weighted by atomic mass is 10.2. The van der Waals surface area contributed by atoms with Crippen LogP contribution in [-0.4, -0.2) is 34.6 Å². The van der Waals surface area contributed by atoms with E-state index < -0.39 is 0 Å². The minimum atomic E-state index is -0.249. The number of hydrogen-bond acceptors (Lipinski definition) is 5. The molecule has 2 rings (SSSR count). The lowest BCUT2D eigenvalue weighted by Crippen LogP contribution is -2.22. The summed E-state index contributed by atoms with van der Waals surface area (Å²) in [4.78, 5) is 17.9. The number of methoxy groups -OCH3 is 1. The van der Waals surface area contributed by atoms with Gasteiger partial charge in [-0.25, -0.2) is 4.98 Å². The van der Waals surface area contributed by atoms with E-state index in [4.69, 9.17) is 4.74 Å². The number of rotatable bonds is 3. The number of nitrogens with zero attached hydrogens (tertiary/aromatic N) is 1. The standard InChI is InChI=1S/C9H13N3O2S/c1-14-7-8(10-5-11-9(7)13)12-6-2-3-15-4-6/h5-6H,2-4H2,1H3,(H2,10,11,12,13). The number of hydrogen-bond donors (Lipinski definition) is 2. The third kappa shape index (κ3) is 2.26. The highest BCUT2D eigenvalue weighted by Gasteiger charge is 2.18. The van der Waals surface area contributed by atoms with Crippen molar-refractivity contribution in [3.05, 3.63) is 16.7 Å². The molecule has 1 atom stereocenters. The van der Waals surface area contributed by atoms with Gasteiger partial charge in [-0.3, -0.25) is 4.79 Å². The molecule has 1 fully saturated rings. The van der Waals surface area contributed by atoms with Crippen LogP contribution in [0.5, 0.6) is 5.75 Å². The normalized spacial score (nSPS) is 20.2. The van der Waals surface area contributed by atoms with E-state index in [0.717, 1.165) is 17.9 Å². The third-order valence-corrected chi connectivity index (χ3v) is 3.45. The maximum absolute atomic E-state index is 11.4. The van der Waals surface area contributed by atoms with Crippen LogP contribution in [0.1, 0.15) is 6.42 Å². The molecule has 0 radical (unpaired) electrons. The van der Waals surface area contributed by atoms with Crippen LogP contribution >= 0.6 is 11.8 Å². The van der Waals surface area contributed by atoms with E-state index in [1.165, 1.54) is 13.4 Å². The predicted molar refractivity (Wildman–Crippen MR) is 60.8 cm³/mol. The van der Waals surface area contributed by atoms with Crippen molar-refractivity contribution in [1.82, 2.24) is 9.97 Å². The number of anilines is 1.